The second kappa shape index (κ2) is 6.10. The fraction of sp³-hybridized carbons (Fsp3) is 0.467. The molecule has 0 saturated carbocycles. The first-order chi connectivity index (χ1) is 10.7. The number of benzene rings is 1. The molecule has 2 rings (SSSR count). The zero-order chi connectivity index (χ0) is 17.3. The maximum absolute atomic E-state index is 14.5. The second-order valence-corrected chi connectivity index (χ2v) is 5.25. The van der Waals surface area contributed by atoms with E-state index in [9.17, 15) is 22.8 Å². The van der Waals surface area contributed by atoms with Gasteiger partial charge < -0.3 is 14.7 Å². The maximum atomic E-state index is 14.5. The van der Waals surface area contributed by atoms with Gasteiger partial charge in [0.25, 0.3) is 5.91 Å². The van der Waals surface area contributed by atoms with Crippen LogP contribution in [0.2, 0.25) is 0 Å². The Hall–Kier alpha value is -2.25. The number of carbonyl (C=O) groups is 2. The van der Waals surface area contributed by atoms with E-state index < -0.39 is 42.0 Å². The van der Waals surface area contributed by atoms with Gasteiger partial charge in [0, 0.05) is 13.0 Å². The first-order valence-electron chi connectivity index (χ1n) is 7.04. The minimum Gasteiger partial charge on any atom is -0.493 e. The number of nitrogens with zero attached hydrogens (tertiary/aromatic N) is 1. The molecule has 1 saturated heterocycles. The van der Waals surface area contributed by atoms with Crippen molar-refractivity contribution >= 4 is 11.9 Å². The summed E-state index contributed by atoms with van der Waals surface area (Å²) in [5.74, 6) is -7.47. The highest BCUT2D eigenvalue weighted by Crippen LogP contribution is 2.38. The number of carboxylic acid groups (broad SMARTS) is 1. The number of rotatable bonds is 5. The molecular formula is C15H16F3NO4. The molecule has 0 spiro atoms. The van der Waals surface area contributed by atoms with Crippen molar-refractivity contribution in [2.75, 3.05) is 19.7 Å². The van der Waals surface area contributed by atoms with E-state index in [1.54, 1.807) is 6.92 Å². The number of alkyl halides is 3. The number of para-hydroxylation sites is 1. The third kappa shape index (κ3) is 3.11. The molecule has 23 heavy (non-hydrogen) atoms. The number of aliphatic carboxylic acids is 1. The Labute approximate surface area is 130 Å². The Kier molecular flexibility index (Phi) is 4.53. The van der Waals surface area contributed by atoms with Crippen molar-refractivity contribution in [1.82, 2.24) is 4.90 Å². The number of carbonyl (C=O) groups excluding carboxylic acids is 1. The van der Waals surface area contributed by atoms with Crippen LogP contribution in [0.1, 0.15) is 18.9 Å². The quantitative estimate of drug-likeness (QED) is 0.898. The summed E-state index contributed by atoms with van der Waals surface area (Å²) in [4.78, 5) is 23.5. The lowest BCUT2D eigenvalue weighted by Crippen LogP contribution is -2.44. The summed E-state index contributed by atoms with van der Waals surface area (Å²) in [5, 5.41) is 8.79. The molecule has 126 valence electrons. The largest absolute Gasteiger partial charge is 0.493 e. The molecule has 1 heterocycles. The summed E-state index contributed by atoms with van der Waals surface area (Å²) in [6.07, 6.45) is -0.517. The zero-order valence-corrected chi connectivity index (χ0v) is 12.4. The molecule has 5 nitrogen and oxygen atoms in total. The van der Waals surface area contributed by atoms with Crippen LogP contribution in [0.25, 0.3) is 0 Å². The van der Waals surface area contributed by atoms with Gasteiger partial charge in [0.1, 0.15) is 5.75 Å². The Bertz CT molecular complexity index is 622. The van der Waals surface area contributed by atoms with Crippen molar-refractivity contribution in [1.29, 1.82) is 0 Å². The summed E-state index contributed by atoms with van der Waals surface area (Å²) in [6.45, 7) is 0.473. The molecule has 1 unspecified atom stereocenters. The highest BCUT2D eigenvalue weighted by Gasteiger charge is 2.53. The van der Waals surface area contributed by atoms with E-state index in [-0.39, 0.29) is 18.9 Å². The summed E-state index contributed by atoms with van der Waals surface area (Å²) in [7, 11) is 0. The van der Waals surface area contributed by atoms with E-state index in [2.05, 4.69) is 0 Å². The molecule has 1 aromatic carbocycles. The fourth-order valence-corrected chi connectivity index (χ4v) is 2.44. The van der Waals surface area contributed by atoms with E-state index in [4.69, 9.17) is 9.84 Å². The standard InChI is InChI=1S/C15H16F3NO4/c1-2-23-11-6-4-3-5-10(11)15(17,18)12(20)19-8-7-14(16,9-19)13(21)22/h3-6H,2,7-9H2,1H3,(H,21,22). The molecule has 1 amide bonds. The van der Waals surface area contributed by atoms with Crippen molar-refractivity contribution < 1.29 is 32.6 Å². The van der Waals surface area contributed by atoms with Crippen LogP contribution in [-0.4, -0.2) is 47.2 Å². The van der Waals surface area contributed by atoms with Gasteiger partial charge in [-0.15, -0.1) is 0 Å². The first-order valence-corrected chi connectivity index (χ1v) is 7.04. The minimum absolute atomic E-state index is 0.137. The number of carboxylic acids is 1. The third-order valence-electron chi connectivity index (χ3n) is 3.68. The van der Waals surface area contributed by atoms with Crippen molar-refractivity contribution in [3.8, 4) is 5.75 Å². The molecule has 1 N–H and O–H groups in total. The van der Waals surface area contributed by atoms with Gasteiger partial charge in [-0.3, -0.25) is 4.79 Å². The molecule has 1 atom stereocenters. The second-order valence-electron chi connectivity index (χ2n) is 5.25. The van der Waals surface area contributed by atoms with Crippen LogP contribution in [0.3, 0.4) is 0 Å². The van der Waals surface area contributed by atoms with Gasteiger partial charge in [0.15, 0.2) is 0 Å². The van der Waals surface area contributed by atoms with Gasteiger partial charge in [-0.25, -0.2) is 9.18 Å². The topological polar surface area (TPSA) is 66.8 Å². The molecule has 0 aromatic heterocycles. The van der Waals surface area contributed by atoms with Crippen LogP contribution >= 0.6 is 0 Å². The normalized spacial score (nSPS) is 21.3. The summed E-state index contributed by atoms with van der Waals surface area (Å²) in [5.41, 5.74) is -3.32. The number of hydrogen-bond acceptors (Lipinski definition) is 3. The van der Waals surface area contributed by atoms with Crippen molar-refractivity contribution in [3.63, 3.8) is 0 Å². The molecular weight excluding hydrogens is 315 g/mol. The molecule has 0 aliphatic carbocycles. The highest BCUT2D eigenvalue weighted by atomic mass is 19.3. The first kappa shape index (κ1) is 17.1. The Morgan fingerprint density at radius 3 is 2.61 bits per heavy atom. The molecule has 8 heteroatoms. The lowest BCUT2D eigenvalue weighted by molar-refractivity contribution is -0.160. The van der Waals surface area contributed by atoms with Gasteiger partial charge >= 0.3 is 11.9 Å². The molecule has 1 aliphatic rings. The van der Waals surface area contributed by atoms with E-state index >= 15 is 0 Å². The lowest BCUT2D eigenvalue weighted by Gasteiger charge is -2.25. The van der Waals surface area contributed by atoms with Gasteiger partial charge in [-0.2, -0.15) is 8.78 Å². The number of hydrogen-bond donors (Lipinski definition) is 1. The minimum atomic E-state index is -3.94. The van der Waals surface area contributed by atoms with Crippen LogP contribution in [0.5, 0.6) is 5.75 Å². The van der Waals surface area contributed by atoms with Crippen molar-refractivity contribution in [2.45, 2.75) is 24.9 Å². The number of amides is 1. The van der Waals surface area contributed by atoms with E-state index in [0.29, 0.717) is 4.90 Å². The number of likely N-dealkylation sites (tertiary alicyclic amines) is 1. The zero-order valence-electron chi connectivity index (χ0n) is 12.4. The molecule has 1 aliphatic heterocycles. The molecule has 0 radical (unpaired) electrons. The van der Waals surface area contributed by atoms with Gasteiger partial charge in [0.2, 0.25) is 5.67 Å². The average Bonchev–Trinajstić information content (AvgIpc) is 2.91. The summed E-state index contributed by atoms with van der Waals surface area (Å²) in [6, 6.07) is 5.18. The fourth-order valence-electron chi connectivity index (χ4n) is 2.44. The summed E-state index contributed by atoms with van der Waals surface area (Å²) >= 11 is 0. The SMILES string of the molecule is CCOc1ccccc1C(F)(F)C(=O)N1CCC(F)(C(=O)O)C1. The Balaban J connectivity index is 2.27. The smallest absolute Gasteiger partial charge is 0.353 e. The van der Waals surface area contributed by atoms with Gasteiger partial charge in [-0.05, 0) is 19.1 Å². The maximum Gasteiger partial charge on any atom is 0.353 e. The van der Waals surface area contributed by atoms with Gasteiger partial charge in [0.05, 0.1) is 18.7 Å². The van der Waals surface area contributed by atoms with E-state index in [0.717, 1.165) is 6.07 Å². The van der Waals surface area contributed by atoms with E-state index in [1.807, 2.05) is 0 Å². The van der Waals surface area contributed by atoms with Crippen LogP contribution in [0, 0.1) is 0 Å². The molecule has 1 fully saturated rings. The van der Waals surface area contributed by atoms with Crippen LogP contribution in [0.4, 0.5) is 13.2 Å². The van der Waals surface area contributed by atoms with E-state index in [1.165, 1.54) is 18.2 Å². The van der Waals surface area contributed by atoms with Crippen molar-refractivity contribution in [2.24, 2.45) is 0 Å². The lowest BCUT2D eigenvalue weighted by atomic mass is 10.1. The number of halogens is 3. The number of ether oxygens (including phenoxy) is 1. The average molecular weight is 331 g/mol. The van der Waals surface area contributed by atoms with Crippen molar-refractivity contribution in [3.05, 3.63) is 29.8 Å². The predicted octanol–water partition coefficient (Wildman–Crippen LogP) is 2.20. The highest BCUT2D eigenvalue weighted by molar-refractivity contribution is 5.88. The summed E-state index contributed by atoms with van der Waals surface area (Å²) < 4.78 is 48.1. The molecule has 1 aromatic rings. The predicted molar refractivity (Wildman–Crippen MR) is 74.2 cm³/mol. The van der Waals surface area contributed by atoms with Crippen LogP contribution in [-0.2, 0) is 15.5 Å². The van der Waals surface area contributed by atoms with Crippen LogP contribution in [0.15, 0.2) is 24.3 Å². The van der Waals surface area contributed by atoms with Crippen LogP contribution < -0.4 is 4.74 Å². The molecule has 0 bridgehead atoms. The third-order valence-corrected chi connectivity index (χ3v) is 3.68. The van der Waals surface area contributed by atoms with Gasteiger partial charge in [-0.1, -0.05) is 12.1 Å². The Morgan fingerprint density at radius 1 is 1.39 bits per heavy atom. The Morgan fingerprint density at radius 2 is 2.04 bits per heavy atom. The monoisotopic (exact) mass is 331 g/mol.